The number of amides is 1. The molecule has 104 valence electrons. The molecular weight excluding hydrogens is 241 g/mol. The summed E-state index contributed by atoms with van der Waals surface area (Å²) in [5.74, 6) is -1.05. The van der Waals surface area contributed by atoms with Gasteiger partial charge in [0.15, 0.2) is 0 Å². The van der Waals surface area contributed by atoms with E-state index < -0.39 is 29.8 Å². The Morgan fingerprint density at radius 2 is 2.06 bits per heavy atom. The first-order valence-electron chi connectivity index (χ1n) is 5.97. The van der Waals surface area contributed by atoms with Crippen LogP contribution in [0.3, 0.4) is 0 Å². The zero-order valence-electron chi connectivity index (χ0n) is 11.0. The van der Waals surface area contributed by atoms with E-state index in [2.05, 4.69) is 0 Å². The summed E-state index contributed by atoms with van der Waals surface area (Å²) in [5, 5.41) is 9.18. The fourth-order valence-corrected chi connectivity index (χ4v) is 2.02. The summed E-state index contributed by atoms with van der Waals surface area (Å²) in [5.41, 5.74) is -1.78. The molecule has 6 heteroatoms. The number of carboxylic acids is 1. The number of carbonyl (C=O) groups excluding carboxylic acids is 1. The van der Waals surface area contributed by atoms with Crippen LogP contribution in [-0.4, -0.2) is 47.4 Å². The first-order valence-corrected chi connectivity index (χ1v) is 5.97. The Balaban J connectivity index is 2.69. The molecule has 1 aliphatic heterocycles. The van der Waals surface area contributed by atoms with Gasteiger partial charge in [0.05, 0.1) is 12.1 Å². The van der Waals surface area contributed by atoms with Crippen molar-refractivity contribution in [3.63, 3.8) is 0 Å². The third-order valence-corrected chi connectivity index (χ3v) is 3.03. The van der Waals surface area contributed by atoms with Gasteiger partial charge in [-0.15, -0.1) is 0 Å². The van der Waals surface area contributed by atoms with Crippen molar-refractivity contribution in [2.75, 3.05) is 19.8 Å². The topological polar surface area (TPSA) is 66.8 Å². The molecule has 0 spiro atoms. The van der Waals surface area contributed by atoms with Crippen molar-refractivity contribution >= 4 is 12.1 Å². The molecule has 1 unspecified atom stereocenters. The van der Waals surface area contributed by atoms with Crippen LogP contribution < -0.4 is 0 Å². The minimum absolute atomic E-state index is 0.0150. The molecule has 1 saturated heterocycles. The molecule has 1 aliphatic rings. The number of alkyl halides is 1. The molecule has 0 saturated carbocycles. The van der Waals surface area contributed by atoms with Gasteiger partial charge in [0.2, 0.25) is 0 Å². The third-order valence-electron chi connectivity index (χ3n) is 3.03. The lowest BCUT2D eigenvalue weighted by atomic mass is 9.84. The lowest BCUT2D eigenvalue weighted by Crippen LogP contribution is -2.39. The van der Waals surface area contributed by atoms with Crippen LogP contribution in [0.15, 0.2) is 0 Å². The number of carbonyl (C=O) groups is 2. The number of nitrogens with zero attached hydrogens (tertiary/aromatic N) is 1. The number of hydrogen-bond acceptors (Lipinski definition) is 3. The fourth-order valence-electron chi connectivity index (χ4n) is 2.02. The number of likely N-dealkylation sites (tertiary alicyclic amines) is 1. The number of hydrogen-bond donors (Lipinski definition) is 1. The molecule has 0 aliphatic carbocycles. The van der Waals surface area contributed by atoms with E-state index in [1.54, 1.807) is 20.8 Å². The normalized spacial score (nSPS) is 24.1. The fraction of sp³-hybridized carbons (Fsp3) is 0.833. The third kappa shape index (κ3) is 3.34. The Hall–Kier alpha value is -1.33. The van der Waals surface area contributed by atoms with Crippen molar-refractivity contribution in [1.82, 2.24) is 4.90 Å². The lowest BCUT2D eigenvalue weighted by molar-refractivity contribution is -0.148. The molecule has 1 fully saturated rings. The standard InChI is InChI=1S/C12H20FNO4/c1-11(2,3)18-10(17)14-7-5-12(8-14,4-6-13)9(15)16/h4-8H2,1-3H3,(H,15,16). The molecule has 18 heavy (non-hydrogen) atoms. The van der Waals surface area contributed by atoms with E-state index in [1.165, 1.54) is 4.90 Å². The second-order valence-corrected chi connectivity index (χ2v) is 5.68. The van der Waals surface area contributed by atoms with E-state index in [4.69, 9.17) is 4.74 Å². The molecule has 0 bridgehead atoms. The quantitative estimate of drug-likeness (QED) is 0.844. The van der Waals surface area contributed by atoms with Crippen molar-refractivity contribution in [3.05, 3.63) is 0 Å². The summed E-state index contributed by atoms with van der Waals surface area (Å²) in [6.45, 7) is 4.84. The predicted molar refractivity (Wildman–Crippen MR) is 63.1 cm³/mol. The van der Waals surface area contributed by atoms with E-state index >= 15 is 0 Å². The van der Waals surface area contributed by atoms with Crippen LogP contribution in [0.1, 0.15) is 33.6 Å². The molecule has 1 rings (SSSR count). The van der Waals surface area contributed by atoms with Crippen molar-refractivity contribution in [2.24, 2.45) is 5.41 Å². The minimum Gasteiger partial charge on any atom is -0.481 e. The van der Waals surface area contributed by atoms with E-state index in [-0.39, 0.29) is 19.4 Å². The van der Waals surface area contributed by atoms with Gasteiger partial charge in [-0.1, -0.05) is 0 Å². The average Bonchev–Trinajstić information content (AvgIpc) is 2.61. The molecular formula is C12H20FNO4. The van der Waals surface area contributed by atoms with Gasteiger partial charge < -0.3 is 14.7 Å². The van der Waals surface area contributed by atoms with Crippen LogP contribution in [0, 0.1) is 5.41 Å². The van der Waals surface area contributed by atoms with E-state index in [1.807, 2.05) is 0 Å². The Morgan fingerprint density at radius 1 is 1.44 bits per heavy atom. The smallest absolute Gasteiger partial charge is 0.410 e. The molecule has 0 aromatic rings. The molecule has 0 radical (unpaired) electrons. The Morgan fingerprint density at radius 3 is 2.50 bits per heavy atom. The zero-order valence-corrected chi connectivity index (χ0v) is 11.0. The van der Waals surface area contributed by atoms with Crippen LogP contribution >= 0.6 is 0 Å². The zero-order chi connectivity index (χ0) is 14.0. The first-order chi connectivity index (χ1) is 8.20. The van der Waals surface area contributed by atoms with Gasteiger partial charge in [0, 0.05) is 13.1 Å². The second kappa shape index (κ2) is 5.12. The number of ether oxygens (including phenoxy) is 1. The van der Waals surface area contributed by atoms with Crippen LogP contribution in [0.4, 0.5) is 9.18 Å². The Kier molecular flexibility index (Phi) is 4.19. The van der Waals surface area contributed by atoms with Crippen LogP contribution in [-0.2, 0) is 9.53 Å². The van der Waals surface area contributed by atoms with E-state index in [0.717, 1.165) is 0 Å². The maximum Gasteiger partial charge on any atom is 0.410 e. The highest BCUT2D eigenvalue weighted by Crippen LogP contribution is 2.35. The molecule has 0 aromatic carbocycles. The van der Waals surface area contributed by atoms with Crippen LogP contribution in [0.5, 0.6) is 0 Å². The summed E-state index contributed by atoms with van der Waals surface area (Å²) in [7, 11) is 0. The lowest BCUT2D eigenvalue weighted by Gasteiger charge is -2.26. The molecule has 1 heterocycles. The second-order valence-electron chi connectivity index (χ2n) is 5.68. The summed E-state index contributed by atoms with van der Waals surface area (Å²) in [4.78, 5) is 24.4. The summed E-state index contributed by atoms with van der Waals surface area (Å²) in [6, 6.07) is 0. The van der Waals surface area contributed by atoms with Crippen molar-refractivity contribution < 1.29 is 23.8 Å². The molecule has 1 amide bonds. The molecule has 1 atom stereocenters. The number of carboxylic acid groups (broad SMARTS) is 1. The van der Waals surface area contributed by atoms with Gasteiger partial charge in [0.1, 0.15) is 5.60 Å². The van der Waals surface area contributed by atoms with Crippen molar-refractivity contribution in [3.8, 4) is 0 Å². The summed E-state index contributed by atoms with van der Waals surface area (Å²) < 4.78 is 17.6. The monoisotopic (exact) mass is 261 g/mol. The van der Waals surface area contributed by atoms with Crippen LogP contribution in [0.25, 0.3) is 0 Å². The summed E-state index contributed by atoms with van der Waals surface area (Å²) >= 11 is 0. The minimum atomic E-state index is -1.16. The SMILES string of the molecule is CC(C)(C)OC(=O)N1CCC(CCF)(C(=O)O)C1. The van der Waals surface area contributed by atoms with E-state index in [0.29, 0.717) is 6.54 Å². The highest BCUT2D eigenvalue weighted by atomic mass is 19.1. The number of halogens is 1. The highest BCUT2D eigenvalue weighted by Gasteiger charge is 2.46. The number of aliphatic carboxylic acids is 1. The highest BCUT2D eigenvalue weighted by molar-refractivity contribution is 5.78. The molecule has 1 N–H and O–H groups in total. The maximum absolute atomic E-state index is 12.5. The van der Waals surface area contributed by atoms with E-state index in [9.17, 15) is 19.1 Å². The van der Waals surface area contributed by atoms with Crippen LogP contribution in [0.2, 0.25) is 0 Å². The Bertz CT molecular complexity index is 339. The first kappa shape index (κ1) is 14.7. The van der Waals surface area contributed by atoms with Gasteiger partial charge in [-0.05, 0) is 33.6 Å². The van der Waals surface area contributed by atoms with Crippen molar-refractivity contribution in [2.45, 2.75) is 39.2 Å². The average molecular weight is 261 g/mol. The number of rotatable bonds is 3. The van der Waals surface area contributed by atoms with Gasteiger partial charge >= 0.3 is 12.1 Å². The van der Waals surface area contributed by atoms with Gasteiger partial charge in [-0.25, -0.2) is 4.79 Å². The summed E-state index contributed by atoms with van der Waals surface area (Å²) in [6.07, 6.45) is -0.336. The maximum atomic E-state index is 12.5. The largest absolute Gasteiger partial charge is 0.481 e. The predicted octanol–water partition coefficient (Wildman–Crippen LogP) is 2.06. The van der Waals surface area contributed by atoms with Gasteiger partial charge in [0.25, 0.3) is 0 Å². The van der Waals surface area contributed by atoms with Gasteiger partial charge in [-0.2, -0.15) is 0 Å². The van der Waals surface area contributed by atoms with Crippen molar-refractivity contribution in [1.29, 1.82) is 0 Å². The molecule has 0 aromatic heterocycles. The Labute approximate surface area is 106 Å². The van der Waals surface area contributed by atoms with Gasteiger partial charge in [-0.3, -0.25) is 9.18 Å². The molecule has 5 nitrogen and oxygen atoms in total.